The topological polar surface area (TPSA) is 67.2 Å². The third-order valence-electron chi connectivity index (χ3n) is 8.95. The van der Waals surface area contributed by atoms with Crippen molar-refractivity contribution in [1.29, 1.82) is 0 Å². The zero-order valence-corrected chi connectivity index (χ0v) is 18.3. The summed E-state index contributed by atoms with van der Waals surface area (Å²) in [6.45, 7) is 7.01. The van der Waals surface area contributed by atoms with Crippen LogP contribution < -0.4 is 5.32 Å². The van der Waals surface area contributed by atoms with Crippen LogP contribution in [0.2, 0.25) is 0 Å². The van der Waals surface area contributed by atoms with Crippen LogP contribution in [0.1, 0.15) is 106 Å². The van der Waals surface area contributed by atoms with Crippen molar-refractivity contribution in [3.8, 4) is 0 Å². The maximum absolute atomic E-state index is 13.5. The van der Waals surface area contributed by atoms with Gasteiger partial charge in [-0.3, -0.25) is 9.48 Å². The number of nitrogens with zero attached hydrogens (tertiary/aromatic N) is 2. The highest BCUT2D eigenvalue weighted by Crippen LogP contribution is 2.62. The van der Waals surface area contributed by atoms with Crippen LogP contribution in [0.3, 0.4) is 0 Å². The van der Waals surface area contributed by atoms with Crippen LogP contribution in [0.25, 0.3) is 0 Å². The molecule has 2 bridgehead atoms. The van der Waals surface area contributed by atoms with Crippen LogP contribution in [-0.2, 0) is 12.8 Å². The summed E-state index contributed by atoms with van der Waals surface area (Å²) in [5.41, 5.74) is 3.15. The molecule has 4 unspecified atom stereocenters. The Balaban J connectivity index is 1.46. The molecule has 5 heteroatoms. The van der Waals surface area contributed by atoms with Gasteiger partial charge in [-0.05, 0) is 61.7 Å². The van der Waals surface area contributed by atoms with Crippen molar-refractivity contribution in [2.24, 2.45) is 16.7 Å². The maximum Gasteiger partial charge on any atom is 0.272 e. The van der Waals surface area contributed by atoms with E-state index in [1.165, 1.54) is 44.2 Å². The summed E-state index contributed by atoms with van der Waals surface area (Å²) in [4.78, 5) is 13.5. The Hall–Kier alpha value is -1.36. The number of hydrogen-bond acceptors (Lipinski definition) is 3. The monoisotopic (exact) mass is 399 g/mol. The highest BCUT2D eigenvalue weighted by atomic mass is 16.3. The number of aliphatic hydroxyl groups excluding tert-OH is 1. The molecule has 0 spiro atoms. The molecule has 29 heavy (non-hydrogen) atoms. The number of amides is 1. The van der Waals surface area contributed by atoms with Gasteiger partial charge in [-0.25, -0.2) is 0 Å². The average Bonchev–Trinajstić information content (AvgIpc) is 3.32. The number of carbonyl (C=O) groups is 1. The van der Waals surface area contributed by atoms with Gasteiger partial charge in [0.2, 0.25) is 0 Å². The van der Waals surface area contributed by atoms with Crippen molar-refractivity contribution >= 4 is 5.91 Å². The first kappa shape index (κ1) is 19.6. The number of fused-ring (bicyclic) bond motifs is 3. The Labute approximate surface area is 174 Å². The van der Waals surface area contributed by atoms with Crippen LogP contribution in [0.15, 0.2) is 0 Å². The number of carbonyl (C=O) groups excluding carboxylic acids is 1. The lowest BCUT2D eigenvalue weighted by molar-refractivity contribution is 0.0730. The summed E-state index contributed by atoms with van der Waals surface area (Å²) in [6.07, 6.45) is 11.7. The van der Waals surface area contributed by atoms with Crippen LogP contribution >= 0.6 is 0 Å². The van der Waals surface area contributed by atoms with E-state index in [0.717, 1.165) is 31.2 Å². The highest BCUT2D eigenvalue weighted by Gasteiger charge is 2.59. The Bertz CT molecular complexity index is 803. The molecule has 0 radical (unpaired) electrons. The van der Waals surface area contributed by atoms with Gasteiger partial charge in [0.25, 0.3) is 5.91 Å². The number of rotatable bonds is 3. The largest absolute Gasteiger partial charge is 0.393 e. The molecule has 2 N–H and O–H groups in total. The molecule has 0 aromatic carbocycles. The molecule has 5 nitrogen and oxygen atoms in total. The molecule has 160 valence electrons. The quantitative estimate of drug-likeness (QED) is 0.801. The van der Waals surface area contributed by atoms with Crippen molar-refractivity contribution in [2.75, 3.05) is 0 Å². The standard InChI is InChI=1S/C24H37N3O2/c1-23(2)15-11-12-24(3,14-15)22(23)25-21(29)20-18-13-17(28)9-10-19(18)27(26-20)16-7-5-4-6-8-16/h15-17,22,28H,4-14H2,1-3H3,(H,25,29). The van der Waals surface area contributed by atoms with Crippen molar-refractivity contribution in [2.45, 2.75) is 110 Å². The third kappa shape index (κ3) is 3.07. The van der Waals surface area contributed by atoms with Crippen LogP contribution in [0, 0.1) is 16.7 Å². The summed E-state index contributed by atoms with van der Waals surface area (Å²) >= 11 is 0. The molecule has 4 atom stereocenters. The SMILES string of the molecule is CC12CCC(C1)C(C)(C)C2NC(=O)c1nn(C2CCCCC2)c2c1CC(O)CC2. The Morgan fingerprint density at radius 2 is 1.90 bits per heavy atom. The molecule has 0 aliphatic heterocycles. The van der Waals surface area contributed by atoms with Gasteiger partial charge >= 0.3 is 0 Å². The lowest BCUT2D eigenvalue weighted by atomic mass is 9.68. The van der Waals surface area contributed by atoms with Gasteiger partial charge in [0.1, 0.15) is 0 Å². The van der Waals surface area contributed by atoms with Crippen LogP contribution in [0.4, 0.5) is 0 Å². The third-order valence-corrected chi connectivity index (χ3v) is 8.95. The van der Waals surface area contributed by atoms with Crippen molar-refractivity contribution in [3.63, 3.8) is 0 Å². The van der Waals surface area contributed by atoms with Crippen molar-refractivity contribution in [1.82, 2.24) is 15.1 Å². The molecule has 5 rings (SSSR count). The zero-order valence-electron chi connectivity index (χ0n) is 18.3. The molecule has 1 heterocycles. The van der Waals surface area contributed by atoms with E-state index in [2.05, 4.69) is 30.8 Å². The van der Waals surface area contributed by atoms with Crippen molar-refractivity contribution < 1.29 is 9.90 Å². The number of aromatic nitrogens is 2. The molecule has 4 aliphatic carbocycles. The van der Waals surface area contributed by atoms with Gasteiger partial charge in [0.05, 0.1) is 12.1 Å². The molecular formula is C24H37N3O2. The maximum atomic E-state index is 13.5. The number of nitrogens with one attached hydrogen (secondary N) is 1. The highest BCUT2D eigenvalue weighted by molar-refractivity contribution is 5.94. The fourth-order valence-electron chi connectivity index (χ4n) is 7.30. The van der Waals surface area contributed by atoms with Gasteiger partial charge in [0.15, 0.2) is 5.69 Å². The van der Waals surface area contributed by atoms with Crippen LogP contribution in [-0.4, -0.2) is 32.9 Å². The normalized spacial score (nSPS) is 36.2. The molecule has 3 saturated carbocycles. The minimum atomic E-state index is -0.352. The van der Waals surface area contributed by atoms with Gasteiger partial charge < -0.3 is 10.4 Å². The summed E-state index contributed by atoms with van der Waals surface area (Å²) in [6, 6.07) is 0.621. The van der Waals surface area contributed by atoms with Gasteiger partial charge in [0, 0.05) is 23.7 Å². The fraction of sp³-hybridized carbons (Fsp3) is 0.833. The molecule has 1 aromatic rings. The second-order valence-corrected chi connectivity index (χ2v) is 11.2. The van der Waals surface area contributed by atoms with E-state index >= 15 is 0 Å². The smallest absolute Gasteiger partial charge is 0.272 e. The molecule has 1 amide bonds. The first-order valence-corrected chi connectivity index (χ1v) is 11.9. The van der Waals surface area contributed by atoms with E-state index in [-0.39, 0.29) is 28.9 Å². The Morgan fingerprint density at radius 1 is 1.14 bits per heavy atom. The van der Waals surface area contributed by atoms with Crippen molar-refractivity contribution in [3.05, 3.63) is 17.0 Å². The minimum absolute atomic E-state index is 0.0169. The molecule has 1 aromatic heterocycles. The second kappa shape index (κ2) is 6.83. The summed E-state index contributed by atoms with van der Waals surface area (Å²) in [7, 11) is 0. The van der Waals surface area contributed by atoms with E-state index in [4.69, 9.17) is 5.10 Å². The molecule has 3 fully saturated rings. The molecule has 4 aliphatic rings. The average molecular weight is 400 g/mol. The van der Waals surface area contributed by atoms with E-state index in [1.54, 1.807) is 0 Å². The predicted octanol–water partition coefficient (Wildman–Crippen LogP) is 4.18. The summed E-state index contributed by atoms with van der Waals surface area (Å²) < 4.78 is 2.18. The Morgan fingerprint density at radius 3 is 2.59 bits per heavy atom. The predicted molar refractivity (Wildman–Crippen MR) is 113 cm³/mol. The first-order valence-electron chi connectivity index (χ1n) is 11.9. The lowest BCUT2D eigenvalue weighted by Crippen LogP contribution is -2.52. The summed E-state index contributed by atoms with van der Waals surface area (Å²) in [5.74, 6) is 0.685. The van der Waals surface area contributed by atoms with Gasteiger partial charge in [-0.15, -0.1) is 0 Å². The second-order valence-electron chi connectivity index (χ2n) is 11.2. The van der Waals surface area contributed by atoms with E-state index in [9.17, 15) is 9.90 Å². The van der Waals surface area contributed by atoms with E-state index in [0.29, 0.717) is 24.1 Å². The molecule has 0 saturated heterocycles. The number of hydrogen-bond donors (Lipinski definition) is 2. The number of aliphatic hydroxyl groups is 1. The van der Waals surface area contributed by atoms with Crippen LogP contribution in [0.5, 0.6) is 0 Å². The lowest BCUT2D eigenvalue weighted by Gasteiger charge is -2.43. The van der Waals surface area contributed by atoms with E-state index < -0.39 is 0 Å². The first-order chi connectivity index (χ1) is 13.8. The fourth-order valence-corrected chi connectivity index (χ4v) is 7.30. The minimum Gasteiger partial charge on any atom is -0.393 e. The molecular weight excluding hydrogens is 362 g/mol. The summed E-state index contributed by atoms with van der Waals surface area (Å²) in [5, 5.41) is 18.7. The van der Waals surface area contributed by atoms with Gasteiger partial charge in [-0.2, -0.15) is 5.10 Å². The van der Waals surface area contributed by atoms with Gasteiger partial charge in [-0.1, -0.05) is 40.0 Å². The Kier molecular flexibility index (Phi) is 4.61. The zero-order chi connectivity index (χ0) is 20.4. The van der Waals surface area contributed by atoms with E-state index in [1.807, 2.05) is 0 Å².